The largest absolute Gasteiger partial charge is 0.463 e. The van der Waals surface area contributed by atoms with E-state index in [4.69, 9.17) is 10.5 Å². The van der Waals surface area contributed by atoms with Crippen molar-refractivity contribution >= 4 is 23.8 Å². The maximum atomic E-state index is 11.5. The number of ether oxygens (including phenoxy) is 1. The van der Waals surface area contributed by atoms with Crippen molar-refractivity contribution in [1.82, 2.24) is 0 Å². The monoisotopic (exact) mass is 276 g/mol. The Morgan fingerprint density at radius 3 is 2.80 bits per heavy atom. The van der Waals surface area contributed by atoms with Gasteiger partial charge >= 0.3 is 12.0 Å². The minimum absolute atomic E-state index is 0.398. The Bertz CT molecular complexity index is 510. The maximum absolute atomic E-state index is 11.5. The number of carbonyl (C=O) groups excluding carboxylic acids is 2. The molecule has 5 nitrogen and oxygen atoms in total. The number of unbranched alkanes of at least 4 members (excludes halogenated alkanes) is 1. The average Bonchev–Trinajstić information content (AvgIpc) is 2.39. The molecule has 2 amide bonds. The molecule has 0 spiro atoms. The van der Waals surface area contributed by atoms with Gasteiger partial charge in [0.2, 0.25) is 0 Å². The molecule has 0 aliphatic heterocycles. The van der Waals surface area contributed by atoms with Crippen LogP contribution in [-0.4, -0.2) is 18.6 Å². The molecule has 0 atom stereocenters. The summed E-state index contributed by atoms with van der Waals surface area (Å²) in [6.45, 7) is 4.36. The highest BCUT2D eigenvalue weighted by molar-refractivity contribution is 5.93. The molecule has 0 aliphatic rings. The number of anilines is 1. The zero-order valence-corrected chi connectivity index (χ0v) is 11.8. The van der Waals surface area contributed by atoms with E-state index in [-0.39, 0.29) is 0 Å². The second kappa shape index (κ2) is 7.99. The van der Waals surface area contributed by atoms with Gasteiger partial charge in [0.05, 0.1) is 6.61 Å². The highest BCUT2D eigenvalue weighted by Crippen LogP contribution is 2.18. The van der Waals surface area contributed by atoms with Gasteiger partial charge in [-0.1, -0.05) is 25.0 Å². The molecule has 0 aliphatic carbocycles. The predicted molar refractivity (Wildman–Crippen MR) is 79.3 cm³/mol. The van der Waals surface area contributed by atoms with Crippen LogP contribution in [0, 0.1) is 6.92 Å². The van der Waals surface area contributed by atoms with Crippen LogP contribution in [0.4, 0.5) is 10.5 Å². The topological polar surface area (TPSA) is 81.4 Å². The van der Waals surface area contributed by atoms with Gasteiger partial charge in [-0.15, -0.1) is 0 Å². The predicted octanol–water partition coefficient (Wildman–Crippen LogP) is 2.84. The molecule has 1 aromatic carbocycles. The molecule has 5 heteroatoms. The van der Waals surface area contributed by atoms with Crippen LogP contribution < -0.4 is 11.1 Å². The standard InChI is InChI=1S/C15H20N2O3/c1-3-4-9-20-14(18)8-6-12-10-11(2)5-7-13(12)17-15(16)19/h5-8,10H,3-4,9H2,1-2H3,(H3,16,17,19)/b8-6+. The second-order valence-corrected chi connectivity index (χ2v) is 4.43. The maximum Gasteiger partial charge on any atom is 0.330 e. The van der Waals surface area contributed by atoms with E-state index in [1.807, 2.05) is 26.0 Å². The summed E-state index contributed by atoms with van der Waals surface area (Å²) in [6.07, 6.45) is 4.77. The van der Waals surface area contributed by atoms with Crippen molar-refractivity contribution in [3.8, 4) is 0 Å². The molecule has 0 saturated heterocycles. The van der Waals surface area contributed by atoms with E-state index in [9.17, 15) is 9.59 Å². The van der Waals surface area contributed by atoms with E-state index >= 15 is 0 Å². The molecule has 1 rings (SSSR count). The fourth-order valence-electron chi connectivity index (χ4n) is 1.59. The van der Waals surface area contributed by atoms with E-state index in [1.54, 1.807) is 12.1 Å². The molecule has 0 heterocycles. The Labute approximate surface area is 118 Å². The van der Waals surface area contributed by atoms with Crippen LogP contribution in [-0.2, 0) is 9.53 Å². The Morgan fingerprint density at radius 2 is 2.15 bits per heavy atom. The fourth-order valence-corrected chi connectivity index (χ4v) is 1.59. The smallest absolute Gasteiger partial charge is 0.330 e. The summed E-state index contributed by atoms with van der Waals surface area (Å²) < 4.78 is 5.02. The average molecular weight is 276 g/mol. The number of esters is 1. The van der Waals surface area contributed by atoms with Crippen molar-refractivity contribution in [3.63, 3.8) is 0 Å². The first kappa shape index (κ1) is 15.8. The van der Waals surface area contributed by atoms with Gasteiger partial charge in [0.15, 0.2) is 0 Å². The van der Waals surface area contributed by atoms with Gasteiger partial charge in [-0.05, 0) is 37.1 Å². The lowest BCUT2D eigenvalue weighted by atomic mass is 10.1. The van der Waals surface area contributed by atoms with Crippen molar-refractivity contribution in [2.45, 2.75) is 26.7 Å². The molecule has 0 fully saturated rings. The third kappa shape index (κ3) is 5.56. The first-order valence-corrected chi connectivity index (χ1v) is 6.55. The minimum Gasteiger partial charge on any atom is -0.463 e. The van der Waals surface area contributed by atoms with Gasteiger partial charge in [-0.25, -0.2) is 9.59 Å². The summed E-state index contributed by atoms with van der Waals surface area (Å²) >= 11 is 0. The molecule has 108 valence electrons. The number of benzene rings is 1. The number of urea groups is 1. The number of hydrogen-bond donors (Lipinski definition) is 2. The van der Waals surface area contributed by atoms with E-state index in [1.165, 1.54) is 6.08 Å². The number of aryl methyl sites for hydroxylation is 1. The zero-order chi connectivity index (χ0) is 15.0. The number of hydrogen-bond acceptors (Lipinski definition) is 3. The molecule has 0 bridgehead atoms. The molecule has 0 unspecified atom stereocenters. The summed E-state index contributed by atoms with van der Waals surface area (Å²) in [6, 6.07) is 4.79. The summed E-state index contributed by atoms with van der Waals surface area (Å²) in [5.74, 6) is -0.398. The highest BCUT2D eigenvalue weighted by atomic mass is 16.5. The van der Waals surface area contributed by atoms with Gasteiger partial charge in [-0.2, -0.15) is 0 Å². The lowest BCUT2D eigenvalue weighted by Crippen LogP contribution is -2.19. The zero-order valence-electron chi connectivity index (χ0n) is 11.8. The highest BCUT2D eigenvalue weighted by Gasteiger charge is 2.03. The Kier molecular flexibility index (Phi) is 6.29. The third-order valence-electron chi connectivity index (χ3n) is 2.61. The van der Waals surface area contributed by atoms with Crippen molar-refractivity contribution in [3.05, 3.63) is 35.4 Å². The van der Waals surface area contributed by atoms with Crippen LogP contribution in [0.25, 0.3) is 6.08 Å². The van der Waals surface area contributed by atoms with Crippen LogP contribution in [0.5, 0.6) is 0 Å². The number of nitrogens with one attached hydrogen (secondary N) is 1. The van der Waals surface area contributed by atoms with Gasteiger partial charge in [-0.3, -0.25) is 0 Å². The molecule has 0 radical (unpaired) electrons. The normalized spacial score (nSPS) is 10.5. The van der Waals surface area contributed by atoms with Crippen LogP contribution in [0.3, 0.4) is 0 Å². The van der Waals surface area contributed by atoms with Gasteiger partial charge in [0, 0.05) is 11.8 Å². The lowest BCUT2D eigenvalue weighted by Gasteiger charge is -2.07. The summed E-state index contributed by atoms with van der Waals surface area (Å²) in [7, 11) is 0. The molecule has 0 saturated carbocycles. The van der Waals surface area contributed by atoms with Crippen LogP contribution >= 0.6 is 0 Å². The Hall–Kier alpha value is -2.30. The summed E-state index contributed by atoms with van der Waals surface area (Å²) in [4.78, 5) is 22.4. The molecule has 20 heavy (non-hydrogen) atoms. The first-order valence-electron chi connectivity index (χ1n) is 6.55. The molecule has 0 aromatic heterocycles. The SMILES string of the molecule is CCCCOC(=O)/C=C/c1cc(C)ccc1NC(N)=O. The van der Waals surface area contributed by atoms with Crippen molar-refractivity contribution in [2.24, 2.45) is 5.73 Å². The van der Waals surface area contributed by atoms with Crippen molar-refractivity contribution in [2.75, 3.05) is 11.9 Å². The summed E-state index contributed by atoms with van der Waals surface area (Å²) in [5.41, 5.74) is 7.38. The minimum atomic E-state index is -0.644. The summed E-state index contributed by atoms with van der Waals surface area (Å²) in [5, 5.41) is 2.51. The number of rotatable bonds is 6. The van der Waals surface area contributed by atoms with E-state index < -0.39 is 12.0 Å². The molecular weight excluding hydrogens is 256 g/mol. The number of primary amides is 1. The van der Waals surface area contributed by atoms with E-state index in [0.717, 1.165) is 18.4 Å². The Balaban J connectivity index is 2.76. The fraction of sp³-hybridized carbons (Fsp3) is 0.333. The van der Waals surface area contributed by atoms with Gasteiger partial charge < -0.3 is 15.8 Å². The van der Waals surface area contributed by atoms with Crippen LogP contribution in [0.1, 0.15) is 30.9 Å². The molecule has 3 N–H and O–H groups in total. The van der Waals surface area contributed by atoms with E-state index in [0.29, 0.717) is 17.9 Å². The molecule has 1 aromatic rings. The van der Waals surface area contributed by atoms with Gasteiger partial charge in [0.1, 0.15) is 0 Å². The number of nitrogens with two attached hydrogens (primary N) is 1. The van der Waals surface area contributed by atoms with Crippen molar-refractivity contribution in [1.29, 1.82) is 0 Å². The van der Waals surface area contributed by atoms with Crippen molar-refractivity contribution < 1.29 is 14.3 Å². The van der Waals surface area contributed by atoms with E-state index in [2.05, 4.69) is 5.32 Å². The quantitative estimate of drug-likeness (QED) is 0.476. The van der Waals surface area contributed by atoms with Crippen LogP contribution in [0.2, 0.25) is 0 Å². The van der Waals surface area contributed by atoms with Crippen LogP contribution in [0.15, 0.2) is 24.3 Å². The second-order valence-electron chi connectivity index (χ2n) is 4.43. The Morgan fingerprint density at radius 1 is 1.40 bits per heavy atom. The lowest BCUT2D eigenvalue weighted by molar-refractivity contribution is -0.137. The van der Waals surface area contributed by atoms with Gasteiger partial charge in [0.25, 0.3) is 0 Å². The molecular formula is C15H20N2O3. The third-order valence-corrected chi connectivity index (χ3v) is 2.61. The first-order chi connectivity index (χ1) is 9.52. The number of amides is 2. The number of carbonyl (C=O) groups is 2.